The number of hydrogen-bond acceptors (Lipinski definition) is 5. The standard InChI is InChI=1S/C14H12N6O/c15-10-4-1-3-9(7-10)12-13(14(21)20-18-12)19-17-11-5-2-6-16-8-11/h1-8H,15H2,(H2,18,20,21). The summed E-state index contributed by atoms with van der Waals surface area (Å²) in [5.74, 6) is 0. The average molecular weight is 280 g/mol. The number of hydrogen-bond donors (Lipinski definition) is 3. The van der Waals surface area contributed by atoms with Crippen molar-refractivity contribution in [3.05, 3.63) is 59.1 Å². The van der Waals surface area contributed by atoms with Crippen LogP contribution < -0.4 is 11.3 Å². The Kier molecular flexibility index (Phi) is 3.30. The van der Waals surface area contributed by atoms with E-state index >= 15 is 0 Å². The van der Waals surface area contributed by atoms with Crippen LogP contribution in [0.25, 0.3) is 11.3 Å². The molecule has 0 saturated heterocycles. The van der Waals surface area contributed by atoms with Crippen LogP contribution in [-0.2, 0) is 0 Å². The zero-order valence-electron chi connectivity index (χ0n) is 10.9. The number of nitrogen functional groups attached to an aromatic ring is 1. The molecule has 104 valence electrons. The molecule has 21 heavy (non-hydrogen) atoms. The fraction of sp³-hybridized carbons (Fsp3) is 0. The monoisotopic (exact) mass is 280 g/mol. The highest BCUT2D eigenvalue weighted by molar-refractivity contribution is 5.73. The lowest BCUT2D eigenvalue weighted by molar-refractivity contribution is 1.06. The van der Waals surface area contributed by atoms with Crippen LogP contribution in [0.5, 0.6) is 0 Å². The Hall–Kier alpha value is -3.22. The van der Waals surface area contributed by atoms with Crippen molar-refractivity contribution in [2.24, 2.45) is 10.2 Å². The summed E-state index contributed by atoms with van der Waals surface area (Å²) in [6.07, 6.45) is 3.20. The van der Waals surface area contributed by atoms with Crippen LogP contribution in [0.4, 0.5) is 17.1 Å². The smallest absolute Gasteiger partial charge is 0.292 e. The molecular formula is C14H12N6O. The predicted octanol–water partition coefficient (Wildman–Crippen LogP) is 2.76. The lowest BCUT2D eigenvalue weighted by Crippen LogP contribution is -1.96. The first kappa shape index (κ1) is 12.8. The maximum Gasteiger partial charge on any atom is 0.292 e. The molecule has 7 nitrogen and oxygen atoms in total. The second-order valence-electron chi connectivity index (χ2n) is 4.34. The Balaban J connectivity index is 2.02. The van der Waals surface area contributed by atoms with Gasteiger partial charge in [0.05, 0.1) is 11.9 Å². The third kappa shape index (κ3) is 2.71. The number of nitrogens with zero attached hydrogens (tertiary/aromatic N) is 3. The molecule has 2 heterocycles. The van der Waals surface area contributed by atoms with Gasteiger partial charge in [-0.05, 0) is 24.3 Å². The number of aromatic amines is 2. The third-order valence-electron chi connectivity index (χ3n) is 2.84. The molecule has 0 saturated carbocycles. The van der Waals surface area contributed by atoms with Gasteiger partial charge < -0.3 is 5.73 Å². The second-order valence-corrected chi connectivity index (χ2v) is 4.34. The summed E-state index contributed by atoms with van der Waals surface area (Å²) in [6.45, 7) is 0. The number of anilines is 1. The van der Waals surface area contributed by atoms with Gasteiger partial charge in [-0.15, -0.1) is 10.2 Å². The minimum atomic E-state index is -0.347. The van der Waals surface area contributed by atoms with E-state index in [0.717, 1.165) is 5.56 Å². The fourth-order valence-electron chi connectivity index (χ4n) is 1.87. The number of aromatic nitrogens is 3. The summed E-state index contributed by atoms with van der Waals surface area (Å²) in [4.78, 5) is 15.8. The highest BCUT2D eigenvalue weighted by Crippen LogP contribution is 2.27. The molecule has 0 unspecified atom stereocenters. The fourth-order valence-corrected chi connectivity index (χ4v) is 1.87. The first-order valence-corrected chi connectivity index (χ1v) is 6.22. The zero-order valence-corrected chi connectivity index (χ0v) is 10.9. The molecule has 0 radical (unpaired) electrons. The van der Waals surface area contributed by atoms with Gasteiger partial charge in [0.2, 0.25) is 0 Å². The van der Waals surface area contributed by atoms with Crippen molar-refractivity contribution in [1.29, 1.82) is 0 Å². The molecule has 0 aliphatic rings. The van der Waals surface area contributed by atoms with Gasteiger partial charge >= 0.3 is 0 Å². The van der Waals surface area contributed by atoms with Gasteiger partial charge in [0.25, 0.3) is 5.56 Å². The first-order chi connectivity index (χ1) is 10.2. The van der Waals surface area contributed by atoms with Crippen molar-refractivity contribution in [2.75, 3.05) is 5.73 Å². The Morgan fingerprint density at radius 1 is 1.10 bits per heavy atom. The van der Waals surface area contributed by atoms with E-state index in [9.17, 15) is 4.79 Å². The van der Waals surface area contributed by atoms with Crippen molar-refractivity contribution < 1.29 is 0 Å². The van der Waals surface area contributed by atoms with Crippen LogP contribution in [0.15, 0.2) is 63.8 Å². The number of H-pyrrole nitrogens is 2. The van der Waals surface area contributed by atoms with Gasteiger partial charge in [-0.2, -0.15) is 0 Å². The largest absolute Gasteiger partial charge is 0.399 e. The Bertz CT molecular complexity index is 834. The maximum atomic E-state index is 11.8. The third-order valence-corrected chi connectivity index (χ3v) is 2.84. The summed E-state index contributed by atoms with van der Waals surface area (Å²) in [7, 11) is 0. The number of benzene rings is 1. The molecular weight excluding hydrogens is 268 g/mol. The summed E-state index contributed by atoms with van der Waals surface area (Å²) < 4.78 is 0. The number of pyridine rings is 1. The number of nitrogens with one attached hydrogen (secondary N) is 2. The van der Waals surface area contributed by atoms with E-state index in [4.69, 9.17) is 5.73 Å². The summed E-state index contributed by atoms with van der Waals surface area (Å²) >= 11 is 0. The van der Waals surface area contributed by atoms with Crippen LogP contribution in [0.2, 0.25) is 0 Å². The van der Waals surface area contributed by atoms with Crippen molar-refractivity contribution in [2.45, 2.75) is 0 Å². The summed E-state index contributed by atoms with van der Waals surface area (Å²) in [5.41, 5.74) is 8.07. The number of nitrogens with two attached hydrogens (primary N) is 1. The lowest BCUT2D eigenvalue weighted by Gasteiger charge is -2.00. The van der Waals surface area contributed by atoms with Crippen LogP contribution in [0, 0.1) is 0 Å². The van der Waals surface area contributed by atoms with E-state index in [1.807, 2.05) is 6.07 Å². The molecule has 1 aromatic carbocycles. The maximum absolute atomic E-state index is 11.8. The van der Waals surface area contributed by atoms with Crippen LogP contribution in [0.1, 0.15) is 0 Å². The molecule has 7 heteroatoms. The van der Waals surface area contributed by atoms with E-state index < -0.39 is 0 Å². The summed E-state index contributed by atoms with van der Waals surface area (Å²) in [5, 5.41) is 13.3. The zero-order chi connectivity index (χ0) is 14.7. The molecule has 3 rings (SSSR count). The molecule has 0 bridgehead atoms. The molecule has 2 aromatic heterocycles. The van der Waals surface area contributed by atoms with Crippen LogP contribution in [0.3, 0.4) is 0 Å². The minimum absolute atomic E-state index is 0.199. The Morgan fingerprint density at radius 2 is 2.00 bits per heavy atom. The van der Waals surface area contributed by atoms with Crippen molar-refractivity contribution in [3.8, 4) is 11.3 Å². The van der Waals surface area contributed by atoms with Gasteiger partial charge in [-0.25, -0.2) is 0 Å². The normalized spacial score (nSPS) is 11.0. The highest BCUT2D eigenvalue weighted by atomic mass is 16.1. The van der Waals surface area contributed by atoms with E-state index in [0.29, 0.717) is 17.1 Å². The Morgan fingerprint density at radius 3 is 2.76 bits per heavy atom. The first-order valence-electron chi connectivity index (χ1n) is 6.22. The SMILES string of the molecule is Nc1cccc(-c2[nH][nH]c(=O)c2N=Nc2cccnc2)c1. The second kappa shape index (κ2) is 5.41. The predicted molar refractivity (Wildman–Crippen MR) is 79.7 cm³/mol. The molecule has 0 aliphatic carbocycles. The van der Waals surface area contributed by atoms with Gasteiger partial charge in [0, 0.05) is 17.4 Å². The van der Waals surface area contributed by atoms with E-state index in [1.165, 1.54) is 0 Å². The van der Waals surface area contributed by atoms with E-state index in [1.54, 1.807) is 42.7 Å². The molecule has 4 N–H and O–H groups in total. The van der Waals surface area contributed by atoms with Gasteiger partial charge in [-0.1, -0.05) is 12.1 Å². The highest BCUT2D eigenvalue weighted by Gasteiger charge is 2.11. The molecule has 0 spiro atoms. The van der Waals surface area contributed by atoms with Crippen molar-refractivity contribution >= 4 is 17.1 Å². The molecule has 0 amide bonds. The number of azo groups is 1. The van der Waals surface area contributed by atoms with Gasteiger partial charge in [0.15, 0.2) is 5.69 Å². The Labute approximate surface area is 119 Å². The van der Waals surface area contributed by atoms with Crippen LogP contribution in [-0.4, -0.2) is 15.2 Å². The lowest BCUT2D eigenvalue weighted by atomic mass is 10.1. The van der Waals surface area contributed by atoms with E-state index in [2.05, 4.69) is 25.4 Å². The quantitative estimate of drug-likeness (QED) is 0.506. The summed E-state index contributed by atoms with van der Waals surface area (Å²) in [6, 6.07) is 10.6. The molecule has 0 atom stereocenters. The van der Waals surface area contributed by atoms with Crippen molar-refractivity contribution in [1.82, 2.24) is 15.2 Å². The molecule has 0 fully saturated rings. The van der Waals surface area contributed by atoms with Gasteiger partial charge in [0.1, 0.15) is 5.69 Å². The van der Waals surface area contributed by atoms with Crippen molar-refractivity contribution in [3.63, 3.8) is 0 Å². The average Bonchev–Trinajstić information content (AvgIpc) is 2.87. The molecule has 0 aliphatic heterocycles. The molecule has 3 aromatic rings. The minimum Gasteiger partial charge on any atom is -0.399 e. The van der Waals surface area contributed by atoms with Crippen LogP contribution >= 0.6 is 0 Å². The number of rotatable bonds is 3. The topological polar surface area (TPSA) is 112 Å². The van der Waals surface area contributed by atoms with Gasteiger partial charge in [-0.3, -0.25) is 20.0 Å². The van der Waals surface area contributed by atoms with E-state index in [-0.39, 0.29) is 11.2 Å².